The van der Waals surface area contributed by atoms with Gasteiger partial charge in [0.15, 0.2) is 0 Å². The van der Waals surface area contributed by atoms with E-state index in [9.17, 15) is 0 Å². The summed E-state index contributed by atoms with van der Waals surface area (Å²) in [6.07, 6.45) is 0. The summed E-state index contributed by atoms with van der Waals surface area (Å²) in [4.78, 5) is 4.45. The van der Waals surface area contributed by atoms with Crippen LogP contribution in [0.2, 0.25) is 0 Å². The van der Waals surface area contributed by atoms with Gasteiger partial charge in [0.1, 0.15) is 0 Å². The van der Waals surface area contributed by atoms with Crippen LogP contribution in [0.1, 0.15) is 25.7 Å². The van der Waals surface area contributed by atoms with Crippen molar-refractivity contribution < 1.29 is 4.52 Å². The highest BCUT2D eigenvalue weighted by Crippen LogP contribution is 2.28. The molecular formula is C13H16BrN3O. The van der Waals surface area contributed by atoms with Crippen LogP contribution < -0.4 is 5.73 Å². The lowest BCUT2D eigenvalue weighted by atomic mass is 9.96. The number of hydrogen-bond acceptors (Lipinski definition) is 4. The van der Waals surface area contributed by atoms with Crippen molar-refractivity contribution in [1.29, 1.82) is 0 Å². The highest BCUT2D eigenvalue weighted by molar-refractivity contribution is 9.10. The topological polar surface area (TPSA) is 64.9 Å². The zero-order valence-electron chi connectivity index (χ0n) is 10.4. The third-order valence-corrected chi connectivity index (χ3v) is 3.62. The molecule has 0 radical (unpaired) electrons. The Morgan fingerprint density at radius 1 is 1.33 bits per heavy atom. The van der Waals surface area contributed by atoms with Gasteiger partial charge in [0.25, 0.3) is 0 Å². The Kier molecular flexibility index (Phi) is 4.14. The molecule has 1 heterocycles. The van der Waals surface area contributed by atoms with E-state index in [4.69, 9.17) is 10.3 Å². The smallest absolute Gasteiger partial charge is 0.231 e. The van der Waals surface area contributed by atoms with Crippen LogP contribution in [-0.2, 0) is 0 Å². The summed E-state index contributed by atoms with van der Waals surface area (Å²) in [5.74, 6) is 1.69. The molecule has 0 saturated carbocycles. The number of nitrogens with zero attached hydrogens (tertiary/aromatic N) is 2. The normalized spacial score (nSPS) is 12.9. The SMILES string of the molecule is CC(C)C(CN)c1nc(-c2ccccc2Br)no1. The van der Waals surface area contributed by atoms with E-state index in [1.165, 1.54) is 0 Å². The van der Waals surface area contributed by atoms with Gasteiger partial charge >= 0.3 is 0 Å². The molecule has 2 N–H and O–H groups in total. The molecule has 1 unspecified atom stereocenters. The number of halogens is 1. The van der Waals surface area contributed by atoms with Crippen LogP contribution in [0.5, 0.6) is 0 Å². The minimum atomic E-state index is 0.105. The molecule has 0 aliphatic carbocycles. The second-order valence-electron chi connectivity index (χ2n) is 4.52. The molecule has 0 aliphatic heterocycles. The van der Waals surface area contributed by atoms with E-state index in [-0.39, 0.29) is 5.92 Å². The third kappa shape index (κ3) is 2.62. The average molecular weight is 310 g/mol. The van der Waals surface area contributed by atoms with E-state index in [1.807, 2.05) is 24.3 Å². The second-order valence-corrected chi connectivity index (χ2v) is 5.38. The van der Waals surface area contributed by atoms with Crippen molar-refractivity contribution >= 4 is 15.9 Å². The highest BCUT2D eigenvalue weighted by atomic mass is 79.9. The predicted octanol–water partition coefficient (Wildman–Crippen LogP) is 3.20. The van der Waals surface area contributed by atoms with E-state index in [0.717, 1.165) is 10.0 Å². The number of hydrogen-bond donors (Lipinski definition) is 1. The summed E-state index contributed by atoms with van der Waals surface area (Å²) in [6, 6.07) is 7.80. The fraction of sp³-hybridized carbons (Fsp3) is 0.385. The van der Waals surface area contributed by atoms with Crippen LogP contribution in [0.3, 0.4) is 0 Å². The molecule has 0 saturated heterocycles. The summed E-state index contributed by atoms with van der Waals surface area (Å²) in [7, 11) is 0. The zero-order chi connectivity index (χ0) is 13.1. The van der Waals surface area contributed by atoms with Gasteiger partial charge in [-0.1, -0.05) is 47.1 Å². The van der Waals surface area contributed by atoms with Crippen molar-refractivity contribution in [3.63, 3.8) is 0 Å². The quantitative estimate of drug-likeness (QED) is 0.942. The molecule has 0 spiro atoms. The van der Waals surface area contributed by atoms with Crippen LogP contribution in [0.25, 0.3) is 11.4 Å². The van der Waals surface area contributed by atoms with Gasteiger partial charge in [-0.15, -0.1) is 0 Å². The van der Waals surface area contributed by atoms with E-state index in [0.29, 0.717) is 24.2 Å². The first-order chi connectivity index (χ1) is 8.63. The molecule has 0 amide bonds. The minimum absolute atomic E-state index is 0.105. The van der Waals surface area contributed by atoms with Crippen LogP contribution in [0.4, 0.5) is 0 Å². The fourth-order valence-corrected chi connectivity index (χ4v) is 2.26. The van der Waals surface area contributed by atoms with Gasteiger partial charge in [0, 0.05) is 16.6 Å². The van der Waals surface area contributed by atoms with Crippen LogP contribution in [0, 0.1) is 5.92 Å². The lowest BCUT2D eigenvalue weighted by molar-refractivity contribution is 0.324. The summed E-state index contributed by atoms with van der Waals surface area (Å²) in [5.41, 5.74) is 6.67. The number of nitrogens with two attached hydrogens (primary N) is 1. The maximum absolute atomic E-state index is 5.75. The van der Waals surface area contributed by atoms with E-state index < -0.39 is 0 Å². The maximum Gasteiger partial charge on any atom is 0.231 e. The Balaban J connectivity index is 2.34. The molecule has 1 aromatic carbocycles. The first kappa shape index (κ1) is 13.2. The summed E-state index contributed by atoms with van der Waals surface area (Å²) >= 11 is 3.48. The van der Waals surface area contributed by atoms with Crippen molar-refractivity contribution in [3.8, 4) is 11.4 Å². The number of rotatable bonds is 4. The van der Waals surface area contributed by atoms with Crippen molar-refractivity contribution in [1.82, 2.24) is 10.1 Å². The van der Waals surface area contributed by atoms with Gasteiger partial charge in [-0.2, -0.15) is 4.98 Å². The number of benzene rings is 1. The van der Waals surface area contributed by atoms with Crippen molar-refractivity contribution in [3.05, 3.63) is 34.6 Å². The number of aromatic nitrogens is 2. The molecule has 2 rings (SSSR count). The van der Waals surface area contributed by atoms with Crippen LogP contribution >= 0.6 is 15.9 Å². The summed E-state index contributed by atoms with van der Waals surface area (Å²) < 4.78 is 6.28. The van der Waals surface area contributed by atoms with Gasteiger partial charge in [0.2, 0.25) is 11.7 Å². The van der Waals surface area contributed by atoms with Crippen molar-refractivity contribution in [2.24, 2.45) is 11.7 Å². The van der Waals surface area contributed by atoms with Gasteiger partial charge in [0.05, 0.1) is 5.92 Å². The Morgan fingerprint density at radius 3 is 2.67 bits per heavy atom. The molecule has 0 bridgehead atoms. The first-order valence-corrected chi connectivity index (χ1v) is 6.71. The van der Waals surface area contributed by atoms with Gasteiger partial charge in [-0.05, 0) is 18.1 Å². The third-order valence-electron chi connectivity index (χ3n) is 2.93. The monoisotopic (exact) mass is 309 g/mol. The first-order valence-electron chi connectivity index (χ1n) is 5.92. The molecule has 18 heavy (non-hydrogen) atoms. The molecule has 96 valence electrons. The molecule has 2 aromatic rings. The van der Waals surface area contributed by atoms with Crippen molar-refractivity contribution in [2.45, 2.75) is 19.8 Å². The standard InChI is InChI=1S/C13H16BrN3O/c1-8(2)10(7-15)13-16-12(17-18-13)9-5-3-4-6-11(9)14/h3-6,8,10H,7,15H2,1-2H3. The Morgan fingerprint density at radius 2 is 2.06 bits per heavy atom. The Labute approximate surface area is 115 Å². The van der Waals surface area contributed by atoms with Crippen LogP contribution in [-0.4, -0.2) is 16.7 Å². The largest absolute Gasteiger partial charge is 0.339 e. The van der Waals surface area contributed by atoms with E-state index in [2.05, 4.69) is 39.9 Å². The molecule has 5 heteroatoms. The van der Waals surface area contributed by atoms with E-state index in [1.54, 1.807) is 0 Å². The van der Waals surface area contributed by atoms with Gasteiger partial charge in [-0.25, -0.2) is 0 Å². The maximum atomic E-state index is 5.75. The molecular weight excluding hydrogens is 294 g/mol. The Hall–Kier alpha value is -1.20. The van der Waals surface area contributed by atoms with Crippen molar-refractivity contribution in [2.75, 3.05) is 6.54 Å². The molecule has 0 aliphatic rings. The summed E-state index contributed by atoms with van der Waals surface area (Å²) in [6.45, 7) is 4.70. The second kappa shape index (κ2) is 5.63. The summed E-state index contributed by atoms with van der Waals surface area (Å²) in [5, 5.41) is 4.03. The minimum Gasteiger partial charge on any atom is -0.339 e. The van der Waals surface area contributed by atoms with Gasteiger partial charge in [-0.3, -0.25) is 0 Å². The lowest BCUT2D eigenvalue weighted by Gasteiger charge is -2.13. The van der Waals surface area contributed by atoms with E-state index >= 15 is 0 Å². The van der Waals surface area contributed by atoms with Crippen LogP contribution in [0.15, 0.2) is 33.3 Å². The molecule has 1 aromatic heterocycles. The Bertz CT molecular complexity index is 524. The zero-order valence-corrected chi connectivity index (χ0v) is 12.0. The molecule has 1 atom stereocenters. The highest BCUT2D eigenvalue weighted by Gasteiger charge is 2.21. The molecule has 0 fully saturated rings. The van der Waals surface area contributed by atoms with Gasteiger partial charge < -0.3 is 10.3 Å². The lowest BCUT2D eigenvalue weighted by Crippen LogP contribution is -2.18. The fourth-order valence-electron chi connectivity index (χ4n) is 1.80. The predicted molar refractivity (Wildman–Crippen MR) is 74.1 cm³/mol. The molecule has 4 nitrogen and oxygen atoms in total. The average Bonchev–Trinajstić information content (AvgIpc) is 2.79.